The third-order valence-electron chi connectivity index (χ3n) is 3.86. The van der Waals surface area contributed by atoms with Crippen LogP contribution in [0.2, 0.25) is 0 Å². The number of hydrogen-bond acceptors (Lipinski definition) is 4. The van der Waals surface area contributed by atoms with Gasteiger partial charge < -0.3 is 10.6 Å². The Balaban J connectivity index is 1.58. The Morgan fingerprint density at radius 2 is 1.64 bits per heavy atom. The summed E-state index contributed by atoms with van der Waals surface area (Å²) in [5.41, 5.74) is 4.38. The summed E-state index contributed by atoms with van der Waals surface area (Å²) in [4.78, 5) is 20.5. The molecule has 1 aromatic carbocycles. The molecule has 0 fully saturated rings. The van der Waals surface area contributed by atoms with Gasteiger partial charge in [0.2, 0.25) is 0 Å². The maximum absolute atomic E-state index is 12.3. The Bertz CT molecular complexity index is 815. The monoisotopic (exact) mass is 332 g/mol. The lowest BCUT2D eigenvalue weighted by Crippen LogP contribution is -2.13. The quantitative estimate of drug-likeness (QED) is 0.718. The van der Waals surface area contributed by atoms with E-state index in [0.29, 0.717) is 12.2 Å². The number of benzene rings is 1. The minimum absolute atomic E-state index is 0.218. The zero-order chi connectivity index (χ0) is 17.5. The molecule has 3 rings (SSSR count). The molecule has 5 heteroatoms. The molecule has 1 amide bonds. The predicted molar refractivity (Wildman–Crippen MR) is 99.6 cm³/mol. The van der Waals surface area contributed by atoms with Crippen LogP contribution in [0.15, 0.2) is 67.1 Å². The van der Waals surface area contributed by atoms with Gasteiger partial charge in [0.1, 0.15) is 5.69 Å². The highest BCUT2D eigenvalue weighted by atomic mass is 16.1. The first-order valence-electron chi connectivity index (χ1n) is 8.23. The van der Waals surface area contributed by atoms with Crippen molar-refractivity contribution in [3.05, 3.63) is 83.9 Å². The maximum atomic E-state index is 12.3. The largest absolute Gasteiger partial charge is 0.380 e. The van der Waals surface area contributed by atoms with Gasteiger partial charge in [0.15, 0.2) is 0 Å². The fourth-order valence-corrected chi connectivity index (χ4v) is 2.36. The average molecular weight is 332 g/mol. The van der Waals surface area contributed by atoms with Crippen molar-refractivity contribution in [3.63, 3.8) is 0 Å². The molecule has 2 N–H and O–H groups in total. The van der Waals surface area contributed by atoms with E-state index in [1.54, 1.807) is 24.7 Å². The second kappa shape index (κ2) is 8.06. The molecule has 0 aliphatic rings. The smallest absolute Gasteiger partial charge is 0.274 e. The van der Waals surface area contributed by atoms with Gasteiger partial charge in [0, 0.05) is 24.6 Å². The Kier molecular flexibility index (Phi) is 5.36. The standard InChI is InChI=1S/C20H20N4O/c1-2-15-3-5-17(6-4-15)24-20(25)19-8-7-18(14-23-19)22-13-16-9-11-21-12-10-16/h3-12,14,22H,2,13H2,1H3,(H,24,25). The number of hydrogen-bond donors (Lipinski definition) is 2. The summed E-state index contributed by atoms with van der Waals surface area (Å²) in [5.74, 6) is -0.218. The highest BCUT2D eigenvalue weighted by Gasteiger charge is 2.07. The van der Waals surface area contributed by atoms with E-state index < -0.39 is 0 Å². The molecule has 0 atom stereocenters. The van der Waals surface area contributed by atoms with Crippen molar-refractivity contribution >= 4 is 17.3 Å². The van der Waals surface area contributed by atoms with Crippen LogP contribution in [0.5, 0.6) is 0 Å². The van der Waals surface area contributed by atoms with Crippen LogP contribution in [0.3, 0.4) is 0 Å². The Labute approximate surface area is 147 Å². The van der Waals surface area contributed by atoms with Crippen LogP contribution < -0.4 is 10.6 Å². The van der Waals surface area contributed by atoms with Crippen molar-refractivity contribution in [2.24, 2.45) is 0 Å². The molecule has 0 aliphatic carbocycles. The fraction of sp³-hybridized carbons (Fsp3) is 0.150. The summed E-state index contributed by atoms with van der Waals surface area (Å²) in [6.45, 7) is 2.78. The molecular formula is C20H20N4O. The normalized spacial score (nSPS) is 10.3. The van der Waals surface area contributed by atoms with Gasteiger partial charge in [-0.15, -0.1) is 0 Å². The number of rotatable bonds is 6. The molecule has 0 spiro atoms. The van der Waals surface area contributed by atoms with Crippen LogP contribution in [-0.2, 0) is 13.0 Å². The lowest BCUT2D eigenvalue weighted by molar-refractivity contribution is 0.102. The molecule has 2 aromatic heterocycles. The van der Waals surface area contributed by atoms with Gasteiger partial charge in [-0.1, -0.05) is 19.1 Å². The lowest BCUT2D eigenvalue weighted by atomic mass is 10.1. The Morgan fingerprint density at radius 3 is 2.28 bits per heavy atom. The van der Waals surface area contributed by atoms with E-state index in [1.165, 1.54) is 5.56 Å². The predicted octanol–water partition coefficient (Wildman–Crippen LogP) is 3.90. The molecule has 0 aliphatic heterocycles. The molecule has 2 heterocycles. The zero-order valence-electron chi connectivity index (χ0n) is 14.1. The molecule has 25 heavy (non-hydrogen) atoms. The first kappa shape index (κ1) is 16.6. The van der Waals surface area contributed by atoms with Crippen LogP contribution in [0.1, 0.15) is 28.5 Å². The average Bonchev–Trinajstić information content (AvgIpc) is 2.68. The van der Waals surface area contributed by atoms with Crippen molar-refractivity contribution in [2.75, 3.05) is 10.6 Å². The van der Waals surface area contributed by atoms with E-state index in [9.17, 15) is 4.79 Å². The minimum Gasteiger partial charge on any atom is -0.380 e. The number of anilines is 2. The SMILES string of the molecule is CCc1ccc(NC(=O)c2ccc(NCc3ccncc3)cn2)cc1. The van der Waals surface area contributed by atoms with E-state index in [1.807, 2.05) is 42.5 Å². The molecule has 0 unspecified atom stereocenters. The topological polar surface area (TPSA) is 66.9 Å². The van der Waals surface area contributed by atoms with Crippen LogP contribution in [0.25, 0.3) is 0 Å². The van der Waals surface area contributed by atoms with Gasteiger partial charge in [-0.25, -0.2) is 4.98 Å². The number of pyridine rings is 2. The number of carbonyl (C=O) groups excluding carboxylic acids is 1. The van der Waals surface area contributed by atoms with Crippen molar-refractivity contribution < 1.29 is 4.79 Å². The van der Waals surface area contributed by atoms with Crippen molar-refractivity contribution in [2.45, 2.75) is 19.9 Å². The molecule has 0 bridgehead atoms. The Morgan fingerprint density at radius 1 is 0.920 bits per heavy atom. The number of carbonyl (C=O) groups is 1. The lowest BCUT2D eigenvalue weighted by Gasteiger charge is -2.08. The number of aryl methyl sites for hydroxylation is 1. The molecule has 0 saturated heterocycles. The van der Waals surface area contributed by atoms with Crippen LogP contribution in [0, 0.1) is 0 Å². The van der Waals surface area contributed by atoms with E-state index >= 15 is 0 Å². The molecule has 5 nitrogen and oxygen atoms in total. The number of nitrogens with one attached hydrogen (secondary N) is 2. The summed E-state index contributed by atoms with van der Waals surface area (Å²) < 4.78 is 0. The van der Waals surface area contributed by atoms with E-state index in [0.717, 1.165) is 23.4 Å². The second-order valence-electron chi connectivity index (χ2n) is 5.65. The summed E-state index contributed by atoms with van der Waals surface area (Å²) in [7, 11) is 0. The van der Waals surface area contributed by atoms with Gasteiger partial charge in [-0.3, -0.25) is 9.78 Å². The third-order valence-corrected chi connectivity index (χ3v) is 3.86. The van der Waals surface area contributed by atoms with Crippen molar-refractivity contribution in [1.29, 1.82) is 0 Å². The molecule has 3 aromatic rings. The van der Waals surface area contributed by atoms with E-state index in [-0.39, 0.29) is 5.91 Å². The summed E-state index contributed by atoms with van der Waals surface area (Å²) >= 11 is 0. The van der Waals surface area contributed by atoms with Crippen molar-refractivity contribution in [3.8, 4) is 0 Å². The van der Waals surface area contributed by atoms with E-state index in [2.05, 4.69) is 27.5 Å². The van der Waals surface area contributed by atoms with Crippen LogP contribution in [0.4, 0.5) is 11.4 Å². The zero-order valence-corrected chi connectivity index (χ0v) is 14.1. The highest BCUT2D eigenvalue weighted by Crippen LogP contribution is 2.13. The first-order chi connectivity index (χ1) is 12.2. The van der Waals surface area contributed by atoms with Gasteiger partial charge in [-0.05, 0) is 53.9 Å². The Hall–Kier alpha value is -3.21. The minimum atomic E-state index is -0.218. The summed E-state index contributed by atoms with van der Waals surface area (Å²) in [6, 6.07) is 15.3. The number of nitrogens with zero attached hydrogens (tertiary/aromatic N) is 2. The summed E-state index contributed by atoms with van der Waals surface area (Å²) in [6.07, 6.45) is 6.16. The van der Waals surface area contributed by atoms with E-state index in [4.69, 9.17) is 0 Å². The van der Waals surface area contributed by atoms with Gasteiger partial charge in [-0.2, -0.15) is 0 Å². The number of amides is 1. The number of aromatic nitrogens is 2. The molecule has 0 saturated carbocycles. The fourth-order valence-electron chi connectivity index (χ4n) is 2.36. The van der Waals surface area contributed by atoms with Crippen molar-refractivity contribution in [1.82, 2.24) is 9.97 Å². The second-order valence-corrected chi connectivity index (χ2v) is 5.65. The molecule has 0 radical (unpaired) electrons. The summed E-state index contributed by atoms with van der Waals surface area (Å²) in [5, 5.41) is 6.13. The van der Waals surface area contributed by atoms with Gasteiger partial charge >= 0.3 is 0 Å². The van der Waals surface area contributed by atoms with Crippen LogP contribution >= 0.6 is 0 Å². The van der Waals surface area contributed by atoms with Crippen LogP contribution in [-0.4, -0.2) is 15.9 Å². The van der Waals surface area contributed by atoms with Gasteiger partial charge in [0.05, 0.1) is 11.9 Å². The maximum Gasteiger partial charge on any atom is 0.274 e. The third kappa shape index (κ3) is 4.64. The molecular weight excluding hydrogens is 312 g/mol. The highest BCUT2D eigenvalue weighted by molar-refractivity contribution is 6.02. The van der Waals surface area contributed by atoms with Gasteiger partial charge in [0.25, 0.3) is 5.91 Å². The first-order valence-corrected chi connectivity index (χ1v) is 8.23. The molecule has 126 valence electrons.